The third kappa shape index (κ3) is 3.71. The van der Waals surface area contributed by atoms with E-state index in [4.69, 9.17) is 5.11 Å². The van der Waals surface area contributed by atoms with Crippen LogP contribution in [0.15, 0.2) is 24.3 Å². The van der Waals surface area contributed by atoms with Gasteiger partial charge in [-0.05, 0) is 44.4 Å². The van der Waals surface area contributed by atoms with Gasteiger partial charge in [-0.3, -0.25) is 0 Å². The normalized spacial score (nSPS) is 22.5. The molecule has 0 saturated carbocycles. The lowest BCUT2D eigenvalue weighted by Crippen LogP contribution is -2.62. The molecule has 0 bridgehead atoms. The molecule has 0 amide bonds. The Balaban J connectivity index is 2.12. The van der Waals surface area contributed by atoms with E-state index in [1.165, 1.54) is 11.3 Å². The summed E-state index contributed by atoms with van der Waals surface area (Å²) in [6.07, 6.45) is 1.90. The molecule has 1 saturated heterocycles. The molecule has 3 heteroatoms. The lowest BCUT2D eigenvalue weighted by molar-refractivity contribution is 0.224. The van der Waals surface area contributed by atoms with E-state index < -0.39 is 0 Å². The van der Waals surface area contributed by atoms with E-state index >= 15 is 0 Å². The van der Waals surface area contributed by atoms with Crippen LogP contribution in [0.5, 0.6) is 0 Å². The minimum atomic E-state index is 0.0848. The summed E-state index contributed by atoms with van der Waals surface area (Å²) < 4.78 is 0. The molecule has 1 aromatic carbocycles. The van der Waals surface area contributed by atoms with Gasteiger partial charge in [0.05, 0.1) is 0 Å². The van der Waals surface area contributed by atoms with Crippen LogP contribution in [0.1, 0.15) is 32.8 Å². The number of nitrogens with zero attached hydrogens (tertiary/aromatic N) is 1. The second kappa shape index (κ2) is 5.93. The number of aliphatic hydroxyl groups excluding tert-OH is 1. The van der Waals surface area contributed by atoms with Crippen LogP contribution in [0.3, 0.4) is 0 Å². The Morgan fingerprint density at radius 3 is 2.58 bits per heavy atom. The third-order valence-corrected chi connectivity index (χ3v) is 3.81. The first-order valence-electron chi connectivity index (χ1n) is 7.26. The summed E-state index contributed by atoms with van der Waals surface area (Å²) in [6.45, 7) is 8.85. The Morgan fingerprint density at radius 1 is 1.32 bits per heavy atom. The largest absolute Gasteiger partial charge is 0.396 e. The van der Waals surface area contributed by atoms with E-state index in [-0.39, 0.29) is 12.1 Å². The summed E-state index contributed by atoms with van der Waals surface area (Å²) in [5, 5.41) is 12.8. The maximum absolute atomic E-state index is 9.16. The van der Waals surface area contributed by atoms with E-state index in [0.717, 1.165) is 25.9 Å². The summed E-state index contributed by atoms with van der Waals surface area (Å²) in [4.78, 5) is 2.43. The molecule has 1 aliphatic rings. The molecular weight excluding hydrogens is 236 g/mol. The number of anilines is 1. The molecule has 1 aliphatic heterocycles. The summed E-state index contributed by atoms with van der Waals surface area (Å²) in [5.74, 6) is 0. The maximum atomic E-state index is 9.16. The van der Waals surface area contributed by atoms with E-state index in [2.05, 4.69) is 55.3 Å². The average Bonchev–Trinajstić information content (AvgIpc) is 2.37. The van der Waals surface area contributed by atoms with Gasteiger partial charge in [0.2, 0.25) is 0 Å². The Labute approximate surface area is 116 Å². The second-order valence-corrected chi connectivity index (χ2v) is 6.14. The van der Waals surface area contributed by atoms with Crippen LogP contribution in [0.25, 0.3) is 0 Å². The molecule has 0 radical (unpaired) electrons. The number of piperazine rings is 1. The number of hydrogen-bond acceptors (Lipinski definition) is 3. The van der Waals surface area contributed by atoms with Crippen molar-refractivity contribution in [2.75, 3.05) is 24.6 Å². The number of hydrogen-bond donors (Lipinski definition) is 2. The zero-order valence-corrected chi connectivity index (χ0v) is 12.3. The van der Waals surface area contributed by atoms with Crippen LogP contribution in [0.4, 0.5) is 5.69 Å². The standard InChI is InChI=1S/C16H26N2O/c1-4-13-5-7-15(8-6-13)18-11-14(9-10-19)17-16(2,3)12-18/h5-8,14,17,19H,4,9-12H2,1-3H3. The Hall–Kier alpha value is -1.06. The van der Waals surface area contributed by atoms with E-state index in [1.807, 2.05) is 0 Å². The molecule has 0 spiro atoms. The van der Waals surface area contributed by atoms with E-state index in [0.29, 0.717) is 6.04 Å². The van der Waals surface area contributed by atoms with Crippen molar-refractivity contribution in [1.82, 2.24) is 5.32 Å². The SMILES string of the molecule is CCc1ccc(N2CC(CCO)NC(C)(C)C2)cc1. The van der Waals surface area contributed by atoms with Crippen molar-refractivity contribution >= 4 is 5.69 Å². The van der Waals surface area contributed by atoms with Gasteiger partial charge >= 0.3 is 0 Å². The molecular formula is C16H26N2O. The Kier molecular flexibility index (Phi) is 4.48. The van der Waals surface area contributed by atoms with Crippen molar-refractivity contribution in [3.8, 4) is 0 Å². The van der Waals surface area contributed by atoms with Crippen molar-refractivity contribution in [2.24, 2.45) is 0 Å². The minimum absolute atomic E-state index is 0.0848. The molecule has 1 unspecified atom stereocenters. The molecule has 0 aliphatic carbocycles. The first-order chi connectivity index (χ1) is 9.04. The zero-order valence-electron chi connectivity index (χ0n) is 12.3. The summed E-state index contributed by atoms with van der Waals surface area (Å²) in [7, 11) is 0. The smallest absolute Gasteiger partial charge is 0.0446 e. The molecule has 19 heavy (non-hydrogen) atoms. The monoisotopic (exact) mass is 262 g/mol. The molecule has 0 aromatic heterocycles. The summed E-state index contributed by atoms with van der Waals surface area (Å²) in [5.41, 5.74) is 2.75. The van der Waals surface area contributed by atoms with Crippen LogP contribution in [-0.2, 0) is 6.42 Å². The first-order valence-corrected chi connectivity index (χ1v) is 7.26. The fourth-order valence-corrected chi connectivity index (χ4v) is 2.91. The third-order valence-electron chi connectivity index (χ3n) is 3.81. The summed E-state index contributed by atoms with van der Waals surface area (Å²) >= 11 is 0. The topological polar surface area (TPSA) is 35.5 Å². The molecule has 1 fully saturated rings. The van der Waals surface area contributed by atoms with Crippen LogP contribution >= 0.6 is 0 Å². The number of aliphatic hydroxyl groups is 1. The van der Waals surface area contributed by atoms with Gasteiger partial charge in [-0.2, -0.15) is 0 Å². The maximum Gasteiger partial charge on any atom is 0.0446 e. The van der Waals surface area contributed by atoms with Crippen LogP contribution in [0, 0.1) is 0 Å². The molecule has 1 atom stereocenters. The molecule has 1 aromatic rings. The predicted octanol–water partition coefficient (Wildman–Crippen LogP) is 2.19. The number of aryl methyl sites for hydroxylation is 1. The molecule has 2 N–H and O–H groups in total. The summed E-state index contributed by atoms with van der Waals surface area (Å²) in [6, 6.07) is 9.23. The highest BCUT2D eigenvalue weighted by molar-refractivity contribution is 5.49. The van der Waals surface area contributed by atoms with Crippen molar-refractivity contribution in [2.45, 2.75) is 45.2 Å². The Bertz CT molecular complexity index is 400. The second-order valence-electron chi connectivity index (χ2n) is 6.14. The number of rotatable bonds is 4. The van der Waals surface area contributed by atoms with Gasteiger partial charge in [0.15, 0.2) is 0 Å². The fraction of sp³-hybridized carbons (Fsp3) is 0.625. The molecule has 2 rings (SSSR count). The van der Waals surface area contributed by atoms with Crippen molar-refractivity contribution in [3.05, 3.63) is 29.8 Å². The first kappa shape index (κ1) is 14.4. The van der Waals surface area contributed by atoms with Gasteiger partial charge in [-0.1, -0.05) is 19.1 Å². The fourth-order valence-electron chi connectivity index (χ4n) is 2.91. The van der Waals surface area contributed by atoms with Gasteiger partial charge in [-0.25, -0.2) is 0 Å². The lowest BCUT2D eigenvalue weighted by Gasteiger charge is -2.45. The predicted molar refractivity (Wildman–Crippen MR) is 80.7 cm³/mol. The van der Waals surface area contributed by atoms with Gasteiger partial charge in [0, 0.05) is 37.0 Å². The molecule has 3 nitrogen and oxygen atoms in total. The quantitative estimate of drug-likeness (QED) is 0.873. The van der Waals surface area contributed by atoms with Crippen molar-refractivity contribution < 1.29 is 5.11 Å². The van der Waals surface area contributed by atoms with Crippen molar-refractivity contribution in [1.29, 1.82) is 0 Å². The van der Waals surface area contributed by atoms with Gasteiger partial charge in [0.25, 0.3) is 0 Å². The molecule has 1 heterocycles. The highest BCUT2D eigenvalue weighted by Gasteiger charge is 2.31. The number of nitrogens with one attached hydrogen (secondary N) is 1. The van der Waals surface area contributed by atoms with E-state index in [9.17, 15) is 0 Å². The van der Waals surface area contributed by atoms with Crippen LogP contribution < -0.4 is 10.2 Å². The van der Waals surface area contributed by atoms with E-state index in [1.54, 1.807) is 0 Å². The Morgan fingerprint density at radius 2 is 2.00 bits per heavy atom. The highest BCUT2D eigenvalue weighted by atomic mass is 16.3. The van der Waals surface area contributed by atoms with Gasteiger partial charge in [0.1, 0.15) is 0 Å². The van der Waals surface area contributed by atoms with Crippen LogP contribution in [-0.4, -0.2) is 36.4 Å². The van der Waals surface area contributed by atoms with Crippen LogP contribution in [0.2, 0.25) is 0 Å². The highest BCUT2D eigenvalue weighted by Crippen LogP contribution is 2.23. The lowest BCUT2D eigenvalue weighted by atomic mass is 9.96. The minimum Gasteiger partial charge on any atom is -0.396 e. The zero-order chi connectivity index (χ0) is 13.9. The van der Waals surface area contributed by atoms with Gasteiger partial charge < -0.3 is 15.3 Å². The van der Waals surface area contributed by atoms with Gasteiger partial charge in [-0.15, -0.1) is 0 Å². The average molecular weight is 262 g/mol. The van der Waals surface area contributed by atoms with Crippen molar-refractivity contribution in [3.63, 3.8) is 0 Å². The molecule has 106 valence electrons. The number of benzene rings is 1.